The summed E-state index contributed by atoms with van der Waals surface area (Å²) in [6.07, 6.45) is 1.44. The lowest BCUT2D eigenvalue weighted by molar-refractivity contribution is -0.700. The highest BCUT2D eigenvalue weighted by Gasteiger charge is 2.33. The minimum absolute atomic E-state index is 0.174. The van der Waals surface area contributed by atoms with Gasteiger partial charge >= 0.3 is 0 Å². The first-order valence-corrected chi connectivity index (χ1v) is 9.28. The third-order valence-corrected chi connectivity index (χ3v) is 5.03. The first-order valence-electron chi connectivity index (χ1n) is 8.40. The minimum atomic E-state index is -0.611. The van der Waals surface area contributed by atoms with Crippen LogP contribution >= 0.6 is 11.3 Å². The molecular weight excluding hydrogens is 318 g/mol. The van der Waals surface area contributed by atoms with Crippen molar-refractivity contribution in [3.63, 3.8) is 0 Å². The molecule has 2 aromatic rings. The van der Waals surface area contributed by atoms with Crippen LogP contribution in [0.15, 0.2) is 23.8 Å². The number of nitrogens with zero attached hydrogens (tertiary/aromatic N) is 1. The number of rotatable bonds is 3. The summed E-state index contributed by atoms with van der Waals surface area (Å²) in [5.74, 6) is 0.308. The molecular formula is C20H30NO2S+. The molecule has 1 atom stereocenters. The molecule has 1 unspecified atom stereocenters. The van der Waals surface area contributed by atoms with Gasteiger partial charge in [-0.3, -0.25) is 0 Å². The predicted octanol–water partition coefficient (Wildman–Crippen LogP) is 4.38. The lowest BCUT2D eigenvalue weighted by Gasteiger charge is -2.33. The maximum absolute atomic E-state index is 10.9. The first-order chi connectivity index (χ1) is 10.9. The Balaban J connectivity index is 2.57. The molecule has 0 saturated heterocycles. The van der Waals surface area contributed by atoms with Crippen LogP contribution in [0.4, 0.5) is 0 Å². The van der Waals surface area contributed by atoms with Gasteiger partial charge in [0.05, 0.1) is 4.88 Å². The molecule has 1 aromatic carbocycles. The van der Waals surface area contributed by atoms with E-state index in [1.807, 2.05) is 16.1 Å². The molecule has 0 bridgehead atoms. The third kappa shape index (κ3) is 3.98. The molecule has 132 valence electrons. The monoisotopic (exact) mass is 348 g/mol. The Labute approximate surface area is 149 Å². The Morgan fingerprint density at radius 3 is 2.08 bits per heavy atom. The van der Waals surface area contributed by atoms with Gasteiger partial charge in [-0.05, 0) is 34.9 Å². The molecule has 0 aliphatic carbocycles. The molecule has 0 spiro atoms. The zero-order valence-electron chi connectivity index (χ0n) is 15.8. The van der Waals surface area contributed by atoms with E-state index in [2.05, 4.69) is 54.7 Å². The van der Waals surface area contributed by atoms with E-state index in [1.165, 1.54) is 4.88 Å². The Morgan fingerprint density at radius 2 is 1.62 bits per heavy atom. The average Bonchev–Trinajstić information content (AvgIpc) is 2.81. The van der Waals surface area contributed by atoms with E-state index >= 15 is 0 Å². The second kappa shape index (κ2) is 6.49. The molecule has 0 amide bonds. The molecule has 3 nitrogen and oxygen atoms in total. The van der Waals surface area contributed by atoms with Crippen LogP contribution in [0.25, 0.3) is 0 Å². The number of thiazole rings is 1. The molecule has 0 fully saturated rings. The maximum atomic E-state index is 10.9. The normalized spacial score (nSPS) is 14.0. The summed E-state index contributed by atoms with van der Waals surface area (Å²) < 4.78 is 2.03. The number of aromatic nitrogens is 1. The number of phenolic OH excluding ortho intramolecular Hbond substituents is 1. The number of hydrogen-bond acceptors (Lipinski definition) is 3. The summed E-state index contributed by atoms with van der Waals surface area (Å²) in [5.41, 5.74) is 4.54. The number of aliphatic hydroxyl groups excluding tert-OH is 1. The van der Waals surface area contributed by atoms with Gasteiger partial charge in [0.2, 0.25) is 5.51 Å². The van der Waals surface area contributed by atoms with Crippen molar-refractivity contribution in [2.24, 2.45) is 0 Å². The van der Waals surface area contributed by atoms with Crippen molar-refractivity contribution in [2.45, 2.75) is 71.9 Å². The zero-order valence-corrected chi connectivity index (χ0v) is 16.7. The Morgan fingerprint density at radius 1 is 1.04 bits per heavy atom. The Kier molecular flexibility index (Phi) is 5.12. The summed E-state index contributed by atoms with van der Waals surface area (Å²) in [6.45, 7) is 15.3. The highest BCUT2D eigenvalue weighted by atomic mass is 32.1. The highest BCUT2D eigenvalue weighted by Crippen LogP contribution is 2.43. The van der Waals surface area contributed by atoms with Crippen LogP contribution in [0.3, 0.4) is 0 Å². The molecule has 4 heteroatoms. The van der Waals surface area contributed by atoms with Crippen molar-refractivity contribution in [2.75, 3.05) is 0 Å². The molecule has 24 heavy (non-hydrogen) atoms. The van der Waals surface area contributed by atoms with Crippen LogP contribution in [-0.4, -0.2) is 10.2 Å². The maximum Gasteiger partial charge on any atom is 0.225 e. The third-order valence-electron chi connectivity index (χ3n) is 4.18. The lowest BCUT2D eigenvalue weighted by atomic mass is 9.72. The van der Waals surface area contributed by atoms with Crippen molar-refractivity contribution in [1.82, 2.24) is 0 Å². The number of hydrogen-bond donors (Lipinski definition) is 2. The second-order valence-electron chi connectivity index (χ2n) is 8.60. The van der Waals surface area contributed by atoms with Crippen molar-refractivity contribution in [1.29, 1.82) is 0 Å². The van der Waals surface area contributed by atoms with Crippen molar-refractivity contribution in [3.05, 3.63) is 45.4 Å². The highest BCUT2D eigenvalue weighted by molar-refractivity contribution is 7.09. The van der Waals surface area contributed by atoms with E-state index in [0.717, 1.165) is 16.7 Å². The van der Waals surface area contributed by atoms with Gasteiger partial charge in [0.25, 0.3) is 0 Å². The molecule has 2 N–H and O–H groups in total. The van der Waals surface area contributed by atoms with Gasteiger partial charge in [0.1, 0.15) is 11.9 Å². The van der Waals surface area contributed by atoms with Gasteiger partial charge in [0, 0.05) is 5.56 Å². The van der Waals surface area contributed by atoms with Gasteiger partial charge in [-0.25, -0.2) is 0 Å². The fourth-order valence-electron chi connectivity index (χ4n) is 3.29. The van der Waals surface area contributed by atoms with E-state index in [0.29, 0.717) is 12.3 Å². The second-order valence-corrected chi connectivity index (χ2v) is 9.69. The number of aryl methyl sites for hydroxylation is 1. The van der Waals surface area contributed by atoms with Gasteiger partial charge in [0.15, 0.2) is 12.7 Å². The quantitative estimate of drug-likeness (QED) is 0.809. The van der Waals surface area contributed by atoms with Gasteiger partial charge in [-0.15, -0.1) is 0 Å². The number of aromatic hydroxyl groups is 1. The largest absolute Gasteiger partial charge is 0.508 e. The van der Waals surface area contributed by atoms with Gasteiger partial charge < -0.3 is 10.2 Å². The van der Waals surface area contributed by atoms with Crippen molar-refractivity contribution < 1.29 is 14.8 Å². The summed E-state index contributed by atoms with van der Waals surface area (Å²) in [4.78, 5) is 1.22. The number of phenols is 1. The van der Waals surface area contributed by atoms with E-state index in [9.17, 15) is 10.2 Å². The lowest BCUT2D eigenvalue weighted by Crippen LogP contribution is -2.35. The molecule has 0 aliphatic rings. The van der Waals surface area contributed by atoms with Crippen LogP contribution in [-0.2, 0) is 17.4 Å². The van der Waals surface area contributed by atoms with E-state index in [-0.39, 0.29) is 10.8 Å². The predicted molar refractivity (Wildman–Crippen MR) is 99.7 cm³/mol. The summed E-state index contributed by atoms with van der Waals surface area (Å²) in [5, 5.41) is 21.4. The minimum Gasteiger partial charge on any atom is -0.508 e. The van der Waals surface area contributed by atoms with Crippen LogP contribution < -0.4 is 4.57 Å². The van der Waals surface area contributed by atoms with Crippen LogP contribution in [0.1, 0.15) is 69.2 Å². The zero-order chi connectivity index (χ0) is 18.3. The fraction of sp³-hybridized carbons (Fsp3) is 0.550. The molecule has 0 aliphatic heterocycles. The van der Waals surface area contributed by atoms with Crippen molar-refractivity contribution >= 4 is 11.3 Å². The Hall–Kier alpha value is -1.39. The van der Waals surface area contributed by atoms with Crippen LogP contribution in [0, 0.1) is 6.92 Å². The van der Waals surface area contributed by atoms with E-state index < -0.39 is 6.10 Å². The van der Waals surface area contributed by atoms with Crippen molar-refractivity contribution in [3.8, 4) is 5.75 Å². The summed E-state index contributed by atoms with van der Waals surface area (Å²) >= 11 is 1.67. The number of benzene rings is 1. The van der Waals surface area contributed by atoms with Gasteiger partial charge in [-0.1, -0.05) is 58.9 Å². The fourth-order valence-corrected chi connectivity index (χ4v) is 3.94. The molecule has 1 heterocycles. The first kappa shape index (κ1) is 18.9. The molecule has 0 radical (unpaired) electrons. The average molecular weight is 349 g/mol. The SMILES string of the molecule is Cc1c[n+](CC(O)c2ccc(O)c(C(C)(C)C)c2C(C)(C)C)cs1. The topological polar surface area (TPSA) is 44.3 Å². The molecule has 0 saturated carbocycles. The van der Waals surface area contributed by atoms with Crippen LogP contribution in [0.5, 0.6) is 5.75 Å². The summed E-state index contributed by atoms with van der Waals surface area (Å²) in [7, 11) is 0. The summed E-state index contributed by atoms with van der Waals surface area (Å²) in [6, 6.07) is 3.59. The standard InChI is InChI=1S/C20H29NO2S/c1-13-10-21(12-24-13)11-16(23)14-8-9-15(22)18(20(5,6)7)17(14)19(2,3)4/h8-10,12,16,23H,11H2,1-7H3/p+1. The van der Waals surface area contributed by atoms with E-state index in [4.69, 9.17) is 0 Å². The van der Waals surface area contributed by atoms with Gasteiger partial charge in [-0.2, -0.15) is 4.57 Å². The molecule has 2 rings (SSSR count). The Bertz CT molecular complexity index is 720. The molecule has 1 aromatic heterocycles. The number of aliphatic hydroxyl groups is 1. The van der Waals surface area contributed by atoms with E-state index in [1.54, 1.807) is 17.4 Å². The van der Waals surface area contributed by atoms with Crippen LogP contribution in [0.2, 0.25) is 0 Å². The smallest absolute Gasteiger partial charge is 0.225 e.